The minimum atomic E-state index is -0.943. The lowest BCUT2D eigenvalue weighted by atomic mass is 10.1. The molecule has 1 unspecified atom stereocenters. The van der Waals surface area contributed by atoms with Crippen LogP contribution in [0, 0.1) is 10.1 Å². The molecule has 0 fully saturated rings. The standard InChI is InChI=1S/C11H19N5O3/c1-11(17,7-15(2)3)6-13-9-5-4-8(16(18)19)10(12)14-9/h4-5,17H,6-7H2,1-3H3,(H3,12,13,14). The predicted octanol–water partition coefficient (Wildman–Crippen LogP) is 0.296. The Morgan fingerprint density at radius 3 is 2.68 bits per heavy atom. The molecule has 1 aromatic rings. The molecule has 0 radical (unpaired) electrons. The van der Waals surface area contributed by atoms with Crippen LogP contribution in [0.4, 0.5) is 17.3 Å². The first-order chi connectivity index (χ1) is 8.71. The van der Waals surface area contributed by atoms with Crippen molar-refractivity contribution in [1.29, 1.82) is 0 Å². The van der Waals surface area contributed by atoms with Gasteiger partial charge >= 0.3 is 5.69 Å². The van der Waals surface area contributed by atoms with Crippen molar-refractivity contribution in [3.8, 4) is 0 Å². The number of hydrogen-bond acceptors (Lipinski definition) is 7. The summed E-state index contributed by atoms with van der Waals surface area (Å²) in [5, 5.41) is 23.6. The summed E-state index contributed by atoms with van der Waals surface area (Å²) in [6.07, 6.45) is 0. The Kier molecular flexibility index (Phi) is 4.62. The van der Waals surface area contributed by atoms with Gasteiger partial charge in [-0.2, -0.15) is 0 Å². The van der Waals surface area contributed by atoms with E-state index in [1.54, 1.807) is 6.92 Å². The molecule has 0 amide bonds. The Hall–Kier alpha value is -1.93. The summed E-state index contributed by atoms with van der Waals surface area (Å²) < 4.78 is 0. The van der Waals surface area contributed by atoms with Gasteiger partial charge in [0.05, 0.1) is 10.5 Å². The summed E-state index contributed by atoms with van der Waals surface area (Å²) >= 11 is 0. The SMILES string of the molecule is CN(C)CC(C)(O)CNc1ccc([N+](=O)[O-])c(N)n1. The van der Waals surface area contributed by atoms with Crippen molar-refractivity contribution >= 4 is 17.3 Å². The van der Waals surface area contributed by atoms with Gasteiger partial charge in [-0.3, -0.25) is 10.1 Å². The van der Waals surface area contributed by atoms with Crippen LogP contribution in [0.5, 0.6) is 0 Å². The molecule has 0 aromatic carbocycles. The largest absolute Gasteiger partial charge is 0.387 e. The number of aliphatic hydroxyl groups is 1. The zero-order valence-corrected chi connectivity index (χ0v) is 11.3. The van der Waals surface area contributed by atoms with Crippen molar-refractivity contribution in [1.82, 2.24) is 9.88 Å². The second-order valence-corrected chi connectivity index (χ2v) is 4.95. The van der Waals surface area contributed by atoms with Crippen LogP contribution in [0.1, 0.15) is 6.92 Å². The quantitative estimate of drug-likeness (QED) is 0.502. The molecule has 0 saturated heterocycles. The number of aromatic nitrogens is 1. The van der Waals surface area contributed by atoms with Gasteiger partial charge in [0.2, 0.25) is 5.82 Å². The van der Waals surface area contributed by atoms with Gasteiger partial charge in [0.15, 0.2) is 0 Å². The van der Waals surface area contributed by atoms with Crippen LogP contribution < -0.4 is 11.1 Å². The lowest BCUT2D eigenvalue weighted by Gasteiger charge is -2.27. The zero-order chi connectivity index (χ0) is 14.6. The van der Waals surface area contributed by atoms with E-state index in [0.717, 1.165) is 0 Å². The first-order valence-corrected chi connectivity index (χ1v) is 5.73. The molecule has 4 N–H and O–H groups in total. The first kappa shape index (κ1) is 15.1. The molecule has 19 heavy (non-hydrogen) atoms. The van der Waals surface area contributed by atoms with Crippen LogP contribution in [-0.4, -0.2) is 52.7 Å². The number of nitrogen functional groups attached to an aromatic ring is 1. The highest BCUT2D eigenvalue weighted by molar-refractivity contribution is 5.57. The third-order valence-corrected chi connectivity index (χ3v) is 2.41. The normalized spacial score (nSPS) is 14.2. The van der Waals surface area contributed by atoms with E-state index in [4.69, 9.17) is 5.73 Å². The number of nitrogens with zero attached hydrogens (tertiary/aromatic N) is 3. The number of rotatable bonds is 6. The highest BCUT2D eigenvalue weighted by Gasteiger charge is 2.21. The smallest absolute Gasteiger partial charge is 0.311 e. The molecule has 0 aliphatic rings. The molecule has 1 rings (SSSR count). The van der Waals surface area contributed by atoms with Crippen LogP contribution in [0.25, 0.3) is 0 Å². The van der Waals surface area contributed by atoms with Crippen LogP contribution in [0.2, 0.25) is 0 Å². The van der Waals surface area contributed by atoms with Crippen molar-refractivity contribution in [2.45, 2.75) is 12.5 Å². The monoisotopic (exact) mass is 269 g/mol. The number of anilines is 2. The molecule has 0 saturated carbocycles. The summed E-state index contributed by atoms with van der Waals surface area (Å²) in [5.74, 6) is 0.240. The van der Waals surface area contributed by atoms with E-state index in [2.05, 4.69) is 10.3 Å². The third-order valence-electron chi connectivity index (χ3n) is 2.41. The fourth-order valence-electron chi connectivity index (χ4n) is 1.74. The van der Waals surface area contributed by atoms with Crippen molar-refractivity contribution in [3.05, 3.63) is 22.2 Å². The van der Waals surface area contributed by atoms with Gasteiger partial charge in [0.1, 0.15) is 5.82 Å². The molecule has 1 heterocycles. The molecule has 0 spiro atoms. The maximum atomic E-state index is 10.6. The maximum absolute atomic E-state index is 10.6. The number of likely N-dealkylation sites (N-methyl/N-ethyl adjacent to an activating group) is 1. The van der Waals surface area contributed by atoms with E-state index < -0.39 is 10.5 Å². The van der Waals surface area contributed by atoms with E-state index in [0.29, 0.717) is 12.4 Å². The average Bonchev–Trinajstić information content (AvgIpc) is 2.24. The van der Waals surface area contributed by atoms with Gasteiger partial charge in [-0.05, 0) is 27.1 Å². The van der Waals surface area contributed by atoms with Crippen LogP contribution in [-0.2, 0) is 0 Å². The Balaban J connectivity index is 2.69. The first-order valence-electron chi connectivity index (χ1n) is 5.73. The van der Waals surface area contributed by atoms with Crippen molar-refractivity contribution in [2.75, 3.05) is 38.2 Å². The molecule has 8 heteroatoms. The number of nitrogens with two attached hydrogens (primary N) is 1. The molecule has 0 aliphatic heterocycles. The fourth-order valence-corrected chi connectivity index (χ4v) is 1.74. The van der Waals surface area contributed by atoms with Gasteiger partial charge in [0, 0.05) is 19.2 Å². The third kappa shape index (κ3) is 4.68. The fraction of sp³-hybridized carbons (Fsp3) is 0.545. The van der Waals surface area contributed by atoms with Crippen LogP contribution in [0.3, 0.4) is 0 Å². The second kappa shape index (κ2) is 5.81. The number of pyridine rings is 1. The van der Waals surface area contributed by atoms with Gasteiger partial charge in [0.25, 0.3) is 0 Å². The highest BCUT2D eigenvalue weighted by atomic mass is 16.6. The van der Waals surface area contributed by atoms with Crippen LogP contribution >= 0.6 is 0 Å². The van der Waals surface area contributed by atoms with E-state index in [-0.39, 0.29) is 18.1 Å². The predicted molar refractivity (Wildman–Crippen MR) is 73.0 cm³/mol. The summed E-state index contributed by atoms with van der Waals surface area (Å²) in [4.78, 5) is 15.7. The maximum Gasteiger partial charge on any atom is 0.311 e. The lowest BCUT2D eigenvalue weighted by molar-refractivity contribution is -0.384. The van der Waals surface area contributed by atoms with Crippen molar-refractivity contribution in [3.63, 3.8) is 0 Å². The zero-order valence-electron chi connectivity index (χ0n) is 11.3. The van der Waals surface area contributed by atoms with Gasteiger partial charge in [-0.15, -0.1) is 0 Å². The van der Waals surface area contributed by atoms with E-state index in [1.807, 2.05) is 19.0 Å². The summed E-state index contributed by atoms with van der Waals surface area (Å²) in [6.45, 7) is 2.42. The number of nitrogens with one attached hydrogen (secondary N) is 1. The molecule has 0 bridgehead atoms. The molecular formula is C11H19N5O3. The van der Waals surface area contributed by atoms with Gasteiger partial charge in [-0.1, -0.05) is 0 Å². The molecule has 1 aromatic heterocycles. The summed E-state index contributed by atoms with van der Waals surface area (Å²) in [5.41, 5.74) is 4.31. The number of hydrogen-bond donors (Lipinski definition) is 3. The van der Waals surface area contributed by atoms with E-state index in [1.165, 1.54) is 12.1 Å². The van der Waals surface area contributed by atoms with Crippen LogP contribution in [0.15, 0.2) is 12.1 Å². The molecule has 0 aliphatic carbocycles. The minimum Gasteiger partial charge on any atom is -0.387 e. The Morgan fingerprint density at radius 1 is 1.58 bits per heavy atom. The topological polar surface area (TPSA) is 118 Å². The lowest BCUT2D eigenvalue weighted by Crippen LogP contribution is -2.43. The van der Waals surface area contributed by atoms with E-state index in [9.17, 15) is 15.2 Å². The Labute approximate surface area is 111 Å². The molecule has 106 valence electrons. The molecular weight excluding hydrogens is 250 g/mol. The summed E-state index contributed by atoms with van der Waals surface area (Å²) in [6, 6.07) is 2.74. The van der Waals surface area contributed by atoms with Crippen molar-refractivity contribution in [2.24, 2.45) is 0 Å². The van der Waals surface area contributed by atoms with Crippen molar-refractivity contribution < 1.29 is 10.0 Å². The number of nitro groups is 1. The molecule has 8 nitrogen and oxygen atoms in total. The minimum absolute atomic E-state index is 0.151. The Bertz CT molecular complexity index is 462. The second-order valence-electron chi connectivity index (χ2n) is 4.95. The highest BCUT2D eigenvalue weighted by Crippen LogP contribution is 2.21. The average molecular weight is 269 g/mol. The van der Waals surface area contributed by atoms with E-state index >= 15 is 0 Å². The summed E-state index contributed by atoms with van der Waals surface area (Å²) in [7, 11) is 3.72. The van der Waals surface area contributed by atoms with Gasteiger partial charge < -0.3 is 21.1 Å². The van der Waals surface area contributed by atoms with Gasteiger partial charge in [-0.25, -0.2) is 4.98 Å². The molecule has 1 atom stereocenters. The Morgan fingerprint density at radius 2 is 2.21 bits per heavy atom.